The number of rotatable bonds is 1. The molecular weight excluding hydrogens is 294 g/mol. The van der Waals surface area contributed by atoms with E-state index in [1.165, 1.54) is 18.9 Å². The van der Waals surface area contributed by atoms with E-state index in [-0.39, 0.29) is 5.82 Å². The highest BCUT2D eigenvalue weighted by atomic mass is 127. The first-order chi connectivity index (χ1) is 6.74. The van der Waals surface area contributed by atoms with Crippen LogP contribution in [0.25, 0.3) is 11.0 Å². The third-order valence-corrected chi connectivity index (χ3v) is 3.33. The lowest BCUT2D eigenvalue weighted by Gasteiger charge is -1.92. The predicted molar refractivity (Wildman–Crippen MR) is 60.7 cm³/mol. The van der Waals surface area contributed by atoms with Crippen molar-refractivity contribution >= 4 is 33.6 Å². The number of aromatic amines is 1. The van der Waals surface area contributed by atoms with Gasteiger partial charge in [-0.15, -0.1) is 0 Å². The molecule has 2 nitrogen and oxygen atoms in total. The molecule has 1 aliphatic rings. The van der Waals surface area contributed by atoms with Gasteiger partial charge in [-0.2, -0.15) is 0 Å². The van der Waals surface area contributed by atoms with Gasteiger partial charge < -0.3 is 4.98 Å². The lowest BCUT2D eigenvalue weighted by Crippen LogP contribution is -1.80. The molecule has 0 bridgehead atoms. The number of imidazole rings is 1. The summed E-state index contributed by atoms with van der Waals surface area (Å²) in [5.74, 6) is 1.42. The number of aromatic nitrogens is 2. The molecule has 1 aromatic carbocycles. The Kier molecular flexibility index (Phi) is 1.80. The molecule has 1 aromatic heterocycles. The normalized spacial score (nSPS) is 16.4. The Morgan fingerprint density at radius 1 is 1.43 bits per heavy atom. The lowest BCUT2D eigenvalue weighted by molar-refractivity contribution is 0.622. The smallest absolute Gasteiger partial charge is 0.138 e. The standard InChI is InChI=1S/C10H8FIN2/c11-6-3-8-9(4-7(6)12)14-10(13-8)5-1-2-5/h3-5H,1-2H2,(H,13,14). The molecule has 1 heterocycles. The van der Waals surface area contributed by atoms with E-state index in [4.69, 9.17) is 0 Å². The highest BCUT2D eigenvalue weighted by Crippen LogP contribution is 2.39. The fourth-order valence-electron chi connectivity index (χ4n) is 1.57. The van der Waals surface area contributed by atoms with Crippen molar-refractivity contribution in [3.05, 3.63) is 27.3 Å². The topological polar surface area (TPSA) is 28.7 Å². The number of nitrogens with zero attached hydrogens (tertiary/aromatic N) is 1. The lowest BCUT2D eigenvalue weighted by atomic mass is 10.3. The summed E-state index contributed by atoms with van der Waals surface area (Å²) >= 11 is 1.99. The quantitative estimate of drug-likeness (QED) is 0.805. The van der Waals surface area contributed by atoms with E-state index in [0.717, 1.165) is 16.9 Å². The SMILES string of the molecule is Fc1cc2[nH]c(C3CC3)nc2cc1I. The molecule has 0 aliphatic heterocycles. The van der Waals surface area contributed by atoms with Crippen LogP contribution in [0.2, 0.25) is 0 Å². The highest BCUT2D eigenvalue weighted by Gasteiger charge is 2.26. The van der Waals surface area contributed by atoms with Crippen LogP contribution in [-0.2, 0) is 0 Å². The fourth-order valence-corrected chi connectivity index (χ4v) is 2.03. The van der Waals surface area contributed by atoms with E-state index in [2.05, 4.69) is 9.97 Å². The highest BCUT2D eigenvalue weighted by molar-refractivity contribution is 14.1. The summed E-state index contributed by atoms with van der Waals surface area (Å²) in [6.07, 6.45) is 2.42. The first kappa shape index (κ1) is 8.64. The van der Waals surface area contributed by atoms with Gasteiger partial charge in [0.15, 0.2) is 0 Å². The van der Waals surface area contributed by atoms with Crippen molar-refractivity contribution in [3.63, 3.8) is 0 Å². The van der Waals surface area contributed by atoms with Crippen molar-refractivity contribution in [1.29, 1.82) is 0 Å². The molecule has 1 aliphatic carbocycles. The molecule has 0 spiro atoms. The monoisotopic (exact) mass is 302 g/mol. The summed E-state index contributed by atoms with van der Waals surface area (Å²) in [6, 6.07) is 3.31. The van der Waals surface area contributed by atoms with Gasteiger partial charge >= 0.3 is 0 Å². The van der Waals surface area contributed by atoms with Crippen molar-refractivity contribution in [2.75, 3.05) is 0 Å². The molecule has 0 amide bonds. The van der Waals surface area contributed by atoms with Crippen LogP contribution >= 0.6 is 22.6 Å². The van der Waals surface area contributed by atoms with E-state index in [0.29, 0.717) is 9.49 Å². The van der Waals surface area contributed by atoms with Crippen LogP contribution in [0.1, 0.15) is 24.6 Å². The van der Waals surface area contributed by atoms with Crippen LogP contribution in [0.15, 0.2) is 12.1 Å². The zero-order valence-electron chi connectivity index (χ0n) is 7.35. The Morgan fingerprint density at radius 2 is 2.21 bits per heavy atom. The van der Waals surface area contributed by atoms with Crippen molar-refractivity contribution < 1.29 is 4.39 Å². The van der Waals surface area contributed by atoms with Gasteiger partial charge in [0.1, 0.15) is 11.6 Å². The Labute approximate surface area is 94.1 Å². The Balaban J connectivity index is 2.22. The first-order valence-corrected chi connectivity index (χ1v) is 5.66. The number of fused-ring (bicyclic) bond motifs is 1. The largest absolute Gasteiger partial charge is 0.342 e. The molecule has 1 fully saturated rings. The minimum atomic E-state index is -0.177. The predicted octanol–water partition coefficient (Wildman–Crippen LogP) is 3.18. The molecule has 1 N–H and O–H groups in total. The van der Waals surface area contributed by atoms with Crippen LogP contribution in [0.3, 0.4) is 0 Å². The van der Waals surface area contributed by atoms with Crippen LogP contribution in [0, 0.1) is 9.39 Å². The van der Waals surface area contributed by atoms with E-state index >= 15 is 0 Å². The van der Waals surface area contributed by atoms with E-state index < -0.39 is 0 Å². The van der Waals surface area contributed by atoms with Crippen LogP contribution in [-0.4, -0.2) is 9.97 Å². The average Bonchev–Trinajstić information content (AvgIpc) is 2.90. The van der Waals surface area contributed by atoms with Gasteiger partial charge in [0.25, 0.3) is 0 Å². The maximum Gasteiger partial charge on any atom is 0.138 e. The van der Waals surface area contributed by atoms with Crippen molar-refractivity contribution in [2.45, 2.75) is 18.8 Å². The minimum absolute atomic E-state index is 0.177. The maximum absolute atomic E-state index is 13.2. The number of hydrogen-bond donors (Lipinski definition) is 1. The molecule has 0 unspecified atom stereocenters. The number of hydrogen-bond acceptors (Lipinski definition) is 1. The van der Waals surface area contributed by atoms with Crippen LogP contribution < -0.4 is 0 Å². The molecule has 14 heavy (non-hydrogen) atoms. The molecule has 1 saturated carbocycles. The summed E-state index contributed by atoms with van der Waals surface area (Å²) in [5, 5.41) is 0. The van der Waals surface area contributed by atoms with E-state index in [9.17, 15) is 4.39 Å². The van der Waals surface area contributed by atoms with Crippen molar-refractivity contribution in [3.8, 4) is 0 Å². The molecule has 0 saturated heterocycles. The number of H-pyrrole nitrogens is 1. The number of halogens is 2. The van der Waals surface area contributed by atoms with Crippen LogP contribution in [0.4, 0.5) is 4.39 Å². The van der Waals surface area contributed by atoms with Gasteiger partial charge in [0.2, 0.25) is 0 Å². The Bertz CT molecular complexity index is 463. The van der Waals surface area contributed by atoms with Gasteiger partial charge in [-0.1, -0.05) is 0 Å². The molecule has 3 rings (SSSR count). The minimum Gasteiger partial charge on any atom is -0.342 e. The van der Waals surface area contributed by atoms with Gasteiger partial charge in [0, 0.05) is 12.0 Å². The zero-order valence-corrected chi connectivity index (χ0v) is 9.51. The summed E-state index contributed by atoms with van der Waals surface area (Å²) in [5.41, 5.74) is 1.68. The first-order valence-electron chi connectivity index (χ1n) is 4.59. The summed E-state index contributed by atoms with van der Waals surface area (Å²) in [4.78, 5) is 7.62. The van der Waals surface area contributed by atoms with Crippen molar-refractivity contribution in [1.82, 2.24) is 9.97 Å². The maximum atomic E-state index is 13.2. The number of benzene rings is 1. The molecule has 72 valence electrons. The van der Waals surface area contributed by atoms with Crippen molar-refractivity contribution in [2.24, 2.45) is 0 Å². The van der Waals surface area contributed by atoms with Gasteiger partial charge in [-0.05, 0) is 41.5 Å². The fraction of sp³-hybridized carbons (Fsp3) is 0.300. The summed E-state index contributed by atoms with van der Waals surface area (Å²) in [6.45, 7) is 0. The van der Waals surface area contributed by atoms with Gasteiger partial charge in [-0.3, -0.25) is 0 Å². The molecule has 0 atom stereocenters. The zero-order chi connectivity index (χ0) is 9.71. The molecular formula is C10H8FIN2. The van der Waals surface area contributed by atoms with Gasteiger partial charge in [-0.25, -0.2) is 9.37 Å². The average molecular weight is 302 g/mol. The van der Waals surface area contributed by atoms with Crippen LogP contribution in [0.5, 0.6) is 0 Å². The number of nitrogens with one attached hydrogen (secondary N) is 1. The Morgan fingerprint density at radius 3 is 2.93 bits per heavy atom. The third kappa shape index (κ3) is 1.32. The second-order valence-electron chi connectivity index (χ2n) is 3.68. The second kappa shape index (κ2) is 2.92. The molecule has 2 aromatic rings. The van der Waals surface area contributed by atoms with Gasteiger partial charge in [0.05, 0.1) is 14.6 Å². The Hall–Kier alpha value is -0.650. The molecule has 4 heteroatoms. The second-order valence-corrected chi connectivity index (χ2v) is 4.84. The van der Waals surface area contributed by atoms with E-state index in [1.807, 2.05) is 22.6 Å². The molecule has 0 radical (unpaired) electrons. The summed E-state index contributed by atoms with van der Waals surface area (Å²) in [7, 11) is 0. The summed E-state index contributed by atoms with van der Waals surface area (Å²) < 4.78 is 13.8. The van der Waals surface area contributed by atoms with E-state index in [1.54, 1.807) is 6.07 Å². The third-order valence-electron chi connectivity index (χ3n) is 2.51.